The third kappa shape index (κ3) is 4.22. The highest BCUT2D eigenvalue weighted by Gasteiger charge is 2.56. The number of amides is 1. The molecule has 0 aliphatic heterocycles. The monoisotopic (exact) mass is 270 g/mol. The molecule has 2 atom stereocenters. The highest BCUT2D eigenvalue weighted by molar-refractivity contribution is 8.13. The molecule has 1 amide bonds. The Bertz CT molecular complexity index is 397. The Kier molecular flexibility index (Phi) is 4.28. The summed E-state index contributed by atoms with van der Waals surface area (Å²) in [6.45, 7) is 6.78. The van der Waals surface area contributed by atoms with Crippen LogP contribution >= 0.6 is 11.8 Å². The molecule has 5 nitrogen and oxygen atoms in total. The first kappa shape index (κ1) is 14.8. The SMILES string of the molecule is CC(=O)SC[C@@H]1C[C@@]1(C#N)NC(=O)OC(C)(C)C. The molecule has 0 saturated heterocycles. The third-order valence-corrected chi connectivity index (χ3v) is 3.49. The van der Waals surface area contributed by atoms with Gasteiger partial charge in [0, 0.05) is 18.6 Å². The molecular formula is C12H18N2O3S. The van der Waals surface area contributed by atoms with Gasteiger partial charge in [-0.1, -0.05) is 11.8 Å². The van der Waals surface area contributed by atoms with Gasteiger partial charge < -0.3 is 10.1 Å². The topological polar surface area (TPSA) is 79.2 Å². The molecule has 1 rings (SSSR count). The lowest BCUT2D eigenvalue weighted by Gasteiger charge is -2.21. The van der Waals surface area contributed by atoms with Crippen LogP contribution in [-0.2, 0) is 9.53 Å². The van der Waals surface area contributed by atoms with Gasteiger partial charge in [-0.3, -0.25) is 4.79 Å². The van der Waals surface area contributed by atoms with Gasteiger partial charge in [-0.15, -0.1) is 0 Å². The fourth-order valence-corrected chi connectivity index (χ4v) is 2.39. The zero-order valence-corrected chi connectivity index (χ0v) is 11.9. The maximum Gasteiger partial charge on any atom is 0.408 e. The number of alkyl carbamates (subject to hydrolysis) is 1. The Morgan fingerprint density at radius 3 is 2.61 bits per heavy atom. The maximum absolute atomic E-state index is 11.6. The van der Waals surface area contributed by atoms with E-state index in [2.05, 4.69) is 11.4 Å². The van der Waals surface area contributed by atoms with Gasteiger partial charge in [-0.05, 0) is 27.2 Å². The Labute approximate surface area is 111 Å². The van der Waals surface area contributed by atoms with Gasteiger partial charge in [-0.25, -0.2) is 4.79 Å². The molecule has 100 valence electrons. The number of nitrogens with one attached hydrogen (secondary N) is 1. The Hall–Kier alpha value is -1.22. The summed E-state index contributed by atoms with van der Waals surface area (Å²) in [6.07, 6.45) is -0.0115. The van der Waals surface area contributed by atoms with Gasteiger partial charge in [-0.2, -0.15) is 5.26 Å². The van der Waals surface area contributed by atoms with Gasteiger partial charge in [0.2, 0.25) is 0 Å². The highest BCUT2D eigenvalue weighted by atomic mass is 32.2. The molecular weight excluding hydrogens is 252 g/mol. The van der Waals surface area contributed by atoms with E-state index < -0.39 is 17.2 Å². The summed E-state index contributed by atoms with van der Waals surface area (Å²) in [7, 11) is 0. The maximum atomic E-state index is 11.6. The predicted octanol–water partition coefficient (Wildman–Crippen LogP) is 2.07. The van der Waals surface area contributed by atoms with E-state index in [9.17, 15) is 9.59 Å². The van der Waals surface area contributed by atoms with E-state index in [1.807, 2.05) is 0 Å². The Morgan fingerprint density at radius 2 is 2.17 bits per heavy atom. The van der Waals surface area contributed by atoms with Crippen LogP contribution in [0.4, 0.5) is 4.79 Å². The van der Waals surface area contributed by atoms with Gasteiger partial charge in [0.15, 0.2) is 5.12 Å². The molecule has 1 aliphatic carbocycles. The number of ether oxygens (including phenoxy) is 1. The highest BCUT2D eigenvalue weighted by Crippen LogP contribution is 2.45. The second-order valence-electron chi connectivity index (χ2n) is 5.41. The van der Waals surface area contributed by atoms with Crippen LogP contribution in [0, 0.1) is 17.2 Å². The summed E-state index contributed by atoms with van der Waals surface area (Å²) in [5.74, 6) is 0.572. The summed E-state index contributed by atoms with van der Waals surface area (Å²) in [5, 5.41) is 11.7. The van der Waals surface area contributed by atoms with Crippen molar-refractivity contribution in [2.24, 2.45) is 5.92 Å². The van der Waals surface area contributed by atoms with Crippen molar-refractivity contribution in [2.45, 2.75) is 45.3 Å². The molecule has 0 bridgehead atoms. The lowest BCUT2D eigenvalue weighted by Crippen LogP contribution is -2.41. The van der Waals surface area contributed by atoms with E-state index in [4.69, 9.17) is 10.00 Å². The van der Waals surface area contributed by atoms with E-state index in [0.29, 0.717) is 12.2 Å². The minimum absolute atomic E-state index is 0.0175. The normalized spacial score (nSPS) is 26.1. The summed E-state index contributed by atoms with van der Waals surface area (Å²) >= 11 is 1.18. The van der Waals surface area contributed by atoms with E-state index in [-0.39, 0.29) is 11.0 Å². The van der Waals surface area contributed by atoms with Crippen LogP contribution in [0.5, 0.6) is 0 Å². The number of hydrogen-bond donors (Lipinski definition) is 1. The van der Waals surface area contributed by atoms with Crippen LogP contribution in [0.25, 0.3) is 0 Å². The van der Waals surface area contributed by atoms with Crippen molar-refractivity contribution in [3.05, 3.63) is 0 Å². The molecule has 18 heavy (non-hydrogen) atoms. The molecule has 0 aromatic rings. The molecule has 1 fully saturated rings. The standard InChI is InChI=1S/C12H18N2O3S/c1-8(15)18-6-9-5-12(9,7-13)14-10(16)17-11(2,3)4/h9H,5-6H2,1-4H3,(H,14,16)/t9-,12-/m0/s1. The van der Waals surface area contributed by atoms with Gasteiger partial charge in [0.1, 0.15) is 11.1 Å². The molecule has 0 aromatic heterocycles. The number of rotatable bonds is 3. The van der Waals surface area contributed by atoms with Crippen molar-refractivity contribution in [3.8, 4) is 6.07 Å². The quantitative estimate of drug-likeness (QED) is 0.849. The van der Waals surface area contributed by atoms with Crippen LogP contribution in [0.15, 0.2) is 0 Å². The molecule has 1 saturated carbocycles. The van der Waals surface area contributed by atoms with Crippen molar-refractivity contribution in [1.29, 1.82) is 5.26 Å². The van der Waals surface area contributed by atoms with Crippen molar-refractivity contribution in [1.82, 2.24) is 5.32 Å². The predicted molar refractivity (Wildman–Crippen MR) is 69.0 cm³/mol. The molecule has 1 N–H and O–H groups in total. The van der Waals surface area contributed by atoms with Crippen LogP contribution in [0.1, 0.15) is 34.1 Å². The summed E-state index contributed by atoms with van der Waals surface area (Å²) in [4.78, 5) is 22.5. The van der Waals surface area contributed by atoms with Crippen LogP contribution in [-0.4, -0.2) is 28.1 Å². The van der Waals surface area contributed by atoms with E-state index in [0.717, 1.165) is 0 Å². The second-order valence-corrected chi connectivity index (χ2v) is 6.61. The molecule has 0 radical (unpaired) electrons. The minimum atomic E-state index is -0.856. The molecule has 0 aromatic carbocycles. The Morgan fingerprint density at radius 1 is 1.56 bits per heavy atom. The number of nitriles is 1. The fraction of sp³-hybridized carbons (Fsp3) is 0.750. The molecule has 6 heteroatoms. The molecule has 0 unspecified atom stereocenters. The van der Waals surface area contributed by atoms with Gasteiger partial charge in [0.25, 0.3) is 0 Å². The largest absolute Gasteiger partial charge is 0.444 e. The third-order valence-electron chi connectivity index (χ3n) is 2.52. The number of hydrogen-bond acceptors (Lipinski definition) is 5. The van der Waals surface area contributed by atoms with Crippen molar-refractivity contribution < 1.29 is 14.3 Å². The lowest BCUT2D eigenvalue weighted by atomic mass is 10.2. The molecule has 1 aliphatic rings. The van der Waals surface area contributed by atoms with Crippen LogP contribution in [0.2, 0.25) is 0 Å². The van der Waals surface area contributed by atoms with E-state index >= 15 is 0 Å². The zero-order valence-electron chi connectivity index (χ0n) is 11.1. The second kappa shape index (κ2) is 5.19. The van der Waals surface area contributed by atoms with E-state index in [1.54, 1.807) is 20.8 Å². The average Bonchev–Trinajstić information content (AvgIpc) is 2.86. The molecule has 0 spiro atoms. The molecule has 0 heterocycles. The minimum Gasteiger partial charge on any atom is -0.444 e. The van der Waals surface area contributed by atoms with Crippen molar-refractivity contribution in [2.75, 3.05) is 5.75 Å². The number of carbonyl (C=O) groups excluding carboxylic acids is 2. The summed E-state index contributed by atoms with van der Waals surface area (Å²) < 4.78 is 5.11. The number of carbonyl (C=O) groups is 2. The average molecular weight is 270 g/mol. The van der Waals surface area contributed by atoms with Gasteiger partial charge >= 0.3 is 6.09 Å². The smallest absolute Gasteiger partial charge is 0.408 e. The fourth-order valence-electron chi connectivity index (χ4n) is 1.55. The van der Waals surface area contributed by atoms with Gasteiger partial charge in [0.05, 0.1) is 6.07 Å². The summed E-state index contributed by atoms with van der Waals surface area (Å²) in [5.41, 5.74) is -1.44. The lowest BCUT2D eigenvalue weighted by molar-refractivity contribution is -0.109. The van der Waals surface area contributed by atoms with Crippen molar-refractivity contribution >= 4 is 23.0 Å². The van der Waals surface area contributed by atoms with Crippen LogP contribution < -0.4 is 5.32 Å². The first-order valence-electron chi connectivity index (χ1n) is 5.74. The van der Waals surface area contributed by atoms with Crippen LogP contribution in [0.3, 0.4) is 0 Å². The zero-order chi connectivity index (χ0) is 14.0. The summed E-state index contributed by atoms with van der Waals surface area (Å²) in [6, 6.07) is 2.11. The van der Waals surface area contributed by atoms with E-state index in [1.165, 1.54) is 18.7 Å². The van der Waals surface area contributed by atoms with Crippen molar-refractivity contribution in [3.63, 3.8) is 0 Å². The number of nitrogens with zero attached hydrogens (tertiary/aromatic N) is 1. The Balaban J connectivity index is 2.48. The first-order valence-corrected chi connectivity index (χ1v) is 6.73. The first-order chi connectivity index (χ1) is 8.18. The number of thioether (sulfide) groups is 1.